The highest BCUT2D eigenvalue weighted by atomic mass is 19.3. The van der Waals surface area contributed by atoms with Crippen LogP contribution in [0.25, 0.3) is 0 Å². The second kappa shape index (κ2) is 4.64. The van der Waals surface area contributed by atoms with Crippen molar-refractivity contribution >= 4 is 5.91 Å². The van der Waals surface area contributed by atoms with Gasteiger partial charge in [-0.15, -0.1) is 0 Å². The zero-order chi connectivity index (χ0) is 15.2. The number of aromatic nitrogens is 2. The maximum absolute atomic E-state index is 13.7. The Hall–Kier alpha value is -2.25. The fourth-order valence-electron chi connectivity index (χ4n) is 2.46. The molecule has 0 N–H and O–H groups in total. The lowest BCUT2D eigenvalue weighted by atomic mass is 10.1. The Morgan fingerprint density at radius 1 is 1.48 bits per heavy atom. The molecule has 8 heteroatoms. The van der Waals surface area contributed by atoms with Gasteiger partial charge < -0.3 is 13.8 Å². The molecule has 1 aliphatic rings. The molecular weight excluding hydrogens is 284 g/mol. The molecule has 1 saturated heterocycles. The molecule has 1 amide bonds. The molecule has 3 rings (SSSR count). The van der Waals surface area contributed by atoms with Crippen LogP contribution in [0.3, 0.4) is 0 Å². The van der Waals surface area contributed by atoms with Gasteiger partial charge in [0.25, 0.3) is 11.8 Å². The van der Waals surface area contributed by atoms with Crippen molar-refractivity contribution in [1.29, 1.82) is 0 Å². The van der Waals surface area contributed by atoms with Crippen LogP contribution in [0, 0.1) is 13.8 Å². The van der Waals surface area contributed by atoms with Crippen molar-refractivity contribution in [3.63, 3.8) is 0 Å². The van der Waals surface area contributed by atoms with Gasteiger partial charge in [0, 0.05) is 6.42 Å². The van der Waals surface area contributed by atoms with Crippen LogP contribution in [0.1, 0.15) is 40.3 Å². The fourth-order valence-corrected chi connectivity index (χ4v) is 2.46. The molecule has 0 radical (unpaired) electrons. The summed E-state index contributed by atoms with van der Waals surface area (Å²) in [7, 11) is 0. The molecule has 1 fully saturated rings. The third kappa shape index (κ3) is 2.41. The summed E-state index contributed by atoms with van der Waals surface area (Å²) in [4.78, 5) is 17.5. The van der Waals surface area contributed by atoms with E-state index in [0.29, 0.717) is 11.6 Å². The first-order valence-electron chi connectivity index (χ1n) is 6.40. The summed E-state index contributed by atoms with van der Waals surface area (Å²) in [5, 5.41) is 3.60. The zero-order valence-electron chi connectivity index (χ0n) is 11.5. The van der Waals surface area contributed by atoms with Crippen LogP contribution in [-0.4, -0.2) is 33.4 Å². The van der Waals surface area contributed by atoms with Crippen LogP contribution >= 0.6 is 0 Å². The summed E-state index contributed by atoms with van der Waals surface area (Å²) in [5.74, 6) is -2.76. The SMILES string of the molecule is Cc1noc([C@@H]2CC(F)(F)CN2C(=O)c2ccoc2C)n1. The van der Waals surface area contributed by atoms with Gasteiger partial charge in [-0.2, -0.15) is 4.98 Å². The number of aryl methyl sites for hydroxylation is 2. The number of hydrogen-bond donors (Lipinski definition) is 0. The quantitative estimate of drug-likeness (QED) is 0.851. The molecule has 112 valence electrons. The predicted octanol–water partition coefficient (Wildman–Crippen LogP) is 2.50. The van der Waals surface area contributed by atoms with Gasteiger partial charge >= 0.3 is 0 Å². The molecule has 2 aromatic rings. The largest absolute Gasteiger partial charge is 0.469 e. The van der Waals surface area contributed by atoms with Crippen LogP contribution in [0.15, 0.2) is 21.3 Å². The van der Waals surface area contributed by atoms with Crippen molar-refractivity contribution in [2.75, 3.05) is 6.54 Å². The Bertz CT molecular complexity index is 680. The number of rotatable bonds is 2. The minimum atomic E-state index is -2.99. The van der Waals surface area contributed by atoms with Crippen LogP contribution in [-0.2, 0) is 0 Å². The lowest BCUT2D eigenvalue weighted by Crippen LogP contribution is -2.33. The number of carbonyl (C=O) groups is 1. The fraction of sp³-hybridized carbons (Fsp3) is 0.462. The van der Waals surface area contributed by atoms with E-state index in [9.17, 15) is 13.6 Å². The predicted molar refractivity (Wildman–Crippen MR) is 65.8 cm³/mol. The second-order valence-electron chi connectivity index (χ2n) is 5.08. The number of furan rings is 1. The Kier molecular flexibility index (Phi) is 3.03. The Morgan fingerprint density at radius 2 is 2.24 bits per heavy atom. The van der Waals surface area contributed by atoms with Gasteiger partial charge in [0.15, 0.2) is 5.82 Å². The van der Waals surface area contributed by atoms with E-state index in [2.05, 4.69) is 10.1 Å². The number of halogens is 2. The second-order valence-corrected chi connectivity index (χ2v) is 5.08. The number of carbonyl (C=O) groups excluding carboxylic acids is 1. The first kappa shape index (κ1) is 13.7. The molecule has 0 saturated carbocycles. The van der Waals surface area contributed by atoms with Gasteiger partial charge in [0.2, 0.25) is 5.89 Å². The van der Waals surface area contributed by atoms with E-state index in [0.717, 1.165) is 4.90 Å². The molecule has 1 aliphatic heterocycles. The zero-order valence-corrected chi connectivity index (χ0v) is 11.5. The lowest BCUT2D eigenvalue weighted by Gasteiger charge is -2.20. The Balaban J connectivity index is 1.95. The Morgan fingerprint density at radius 3 is 2.81 bits per heavy atom. The Labute approximate surface area is 118 Å². The van der Waals surface area contributed by atoms with E-state index < -0.39 is 30.8 Å². The minimum absolute atomic E-state index is 0.0270. The monoisotopic (exact) mass is 297 g/mol. The molecular formula is C13H13F2N3O3. The topological polar surface area (TPSA) is 72.4 Å². The van der Waals surface area contributed by atoms with Crippen LogP contribution < -0.4 is 0 Å². The molecule has 0 aromatic carbocycles. The summed E-state index contributed by atoms with van der Waals surface area (Å²) in [6.45, 7) is 2.52. The summed E-state index contributed by atoms with van der Waals surface area (Å²) in [6.07, 6.45) is 0.819. The molecule has 6 nitrogen and oxygen atoms in total. The van der Waals surface area contributed by atoms with Gasteiger partial charge in [0.05, 0.1) is 18.4 Å². The van der Waals surface area contributed by atoms with Gasteiger partial charge in [-0.25, -0.2) is 8.78 Å². The highest BCUT2D eigenvalue weighted by Gasteiger charge is 2.50. The van der Waals surface area contributed by atoms with Gasteiger partial charge in [0.1, 0.15) is 11.8 Å². The van der Waals surface area contributed by atoms with Crippen molar-refractivity contribution in [2.45, 2.75) is 32.2 Å². The van der Waals surface area contributed by atoms with Crippen LogP contribution in [0.2, 0.25) is 0 Å². The van der Waals surface area contributed by atoms with E-state index >= 15 is 0 Å². The molecule has 2 aromatic heterocycles. The number of likely N-dealkylation sites (tertiary alicyclic amines) is 1. The highest BCUT2D eigenvalue weighted by molar-refractivity contribution is 5.95. The van der Waals surface area contributed by atoms with E-state index in [1.54, 1.807) is 13.8 Å². The normalized spacial score (nSPS) is 21.0. The van der Waals surface area contributed by atoms with Gasteiger partial charge in [-0.05, 0) is 19.9 Å². The number of amides is 1. The molecule has 0 aliphatic carbocycles. The van der Waals surface area contributed by atoms with Crippen molar-refractivity contribution in [3.05, 3.63) is 35.4 Å². The molecule has 21 heavy (non-hydrogen) atoms. The van der Waals surface area contributed by atoms with Crippen molar-refractivity contribution in [3.8, 4) is 0 Å². The lowest BCUT2D eigenvalue weighted by molar-refractivity contribution is 0.0116. The van der Waals surface area contributed by atoms with E-state index in [1.807, 2.05) is 0 Å². The molecule has 0 spiro atoms. The number of nitrogens with zero attached hydrogens (tertiary/aromatic N) is 3. The van der Waals surface area contributed by atoms with Crippen molar-refractivity contribution in [2.24, 2.45) is 0 Å². The number of alkyl halides is 2. The number of hydrogen-bond acceptors (Lipinski definition) is 5. The summed E-state index contributed by atoms with van der Waals surface area (Å²) >= 11 is 0. The van der Waals surface area contributed by atoms with Gasteiger partial charge in [-0.3, -0.25) is 4.79 Å². The van der Waals surface area contributed by atoms with E-state index in [4.69, 9.17) is 8.94 Å². The van der Waals surface area contributed by atoms with E-state index in [-0.39, 0.29) is 11.5 Å². The standard InChI is InChI=1S/C13H13F2N3O3/c1-7-9(3-4-20-7)12(19)18-6-13(14,15)5-10(18)11-16-8(2)17-21-11/h3-4,10H,5-6H2,1-2H3/t10-/m0/s1. The summed E-state index contributed by atoms with van der Waals surface area (Å²) in [5.41, 5.74) is 0.258. The minimum Gasteiger partial charge on any atom is -0.469 e. The van der Waals surface area contributed by atoms with E-state index in [1.165, 1.54) is 12.3 Å². The van der Waals surface area contributed by atoms with Gasteiger partial charge in [-0.1, -0.05) is 5.16 Å². The van der Waals surface area contributed by atoms with Crippen LogP contribution in [0.4, 0.5) is 8.78 Å². The summed E-state index contributed by atoms with van der Waals surface area (Å²) in [6, 6.07) is 0.535. The summed E-state index contributed by atoms with van der Waals surface area (Å²) < 4.78 is 37.5. The third-order valence-electron chi connectivity index (χ3n) is 3.45. The average Bonchev–Trinajstić information content (AvgIpc) is 3.08. The molecule has 0 bridgehead atoms. The van der Waals surface area contributed by atoms with Crippen molar-refractivity contribution < 1.29 is 22.5 Å². The first-order valence-corrected chi connectivity index (χ1v) is 6.40. The molecule has 3 heterocycles. The van der Waals surface area contributed by atoms with Crippen molar-refractivity contribution in [1.82, 2.24) is 15.0 Å². The highest BCUT2D eigenvalue weighted by Crippen LogP contribution is 2.41. The maximum Gasteiger partial charge on any atom is 0.267 e. The molecule has 0 unspecified atom stereocenters. The van der Waals surface area contributed by atoms with Crippen LogP contribution in [0.5, 0.6) is 0 Å². The average molecular weight is 297 g/mol. The third-order valence-corrected chi connectivity index (χ3v) is 3.45. The maximum atomic E-state index is 13.7. The first-order chi connectivity index (χ1) is 9.87. The molecule has 1 atom stereocenters. The smallest absolute Gasteiger partial charge is 0.267 e.